The summed E-state index contributed by atoms with van der Waals surface area (Å²) in [6, 6.07) is 15.7. The number of ether oxygens (including phenoxy) is 1. The molecule has 1 amide bonds. The highest BCUT2D eigenvalue weighted by atomic mass is 16.5. The lowest BCUT2D eigenvalue weighted by atomic mass is 10.1. The zero-order chi connectivity index (χ0) is 19.2. The van der Waals surface area contributed by atoms with Crippen LogP contribution in [0.4, 0.5) is 11.4 Å². The summed E-state index contributed by atoms with van der Waals surface area (Å²) in [7, 11) is 1.63. The molecule has 0 aliphatic rings. The maximum Gasteiger partial charge on any atom is 0.253 e. The summed E-state index contributed by atoms with van der Waals surface area (Å²) < 4.78 is 5.38. The van der Waals surface area contributed by atoms with Gasteiger partial charge >= 0.3 is 0 Å². The van der Waals surface area contributed by atoms with Crippen molar-refractivity contribution in [3.05, 3.63) is 83.2 Å². The number of anilines is 2. The summed E-state index contributed by atoms with van der Waals surface area (Å²) in [6.45, 7) is 4.52. The second-order valence-electron chi connectivity index (χ2n) is 6.46. The van der Waals surface area contributed by atoms with Crippen LogP contribution in [-0.2, 0) is 6.54 Å². The van der Waals surface area contributed by atoms with Gasteiger partial charge in [0.15, 0.2) is 0 Å². The third-order valence-electron chi connectivity index (χ3n) is 4.21. The van der Waals surface area contributed by atoms with Crippen molar-refractivity contribution in [2.24, 2.45) is 0 Å². The molecule has 27 heavy (non-hydrogen) atoms. The Labute approximate surface area is 159 Å². The molecule has 2 N–H and O–H groups in total. The molecular formula is C22H23N3O2. The first kappa shape index (κ1) is 18.5. The number of rotatable bonds is 6. The van der Waals surface area contributed by atoms with Gasteiger partial charge < -0.3 is 15.4 Å². The minimum absolute atomic E-state index is 0.164. The zero-order valence-electron chi connectivity index (χ0n) is 15.7. The quantitative estimate of drug-likeness (QED) is 0.684. The minimum atomic E-state index is -0.164. The van der Waals surface area contributed by atoms with Crippen molar-refractivity contribution in [2.45, 2.75) is 20.4 Å². The molecule has 5 heteroatoms. The van der Waals surface area contributed by atoms with E-state index < -0.39 is 0 Å². The number of nitrogens with zero attached hydrogens (tertiary/aromatic N) is 1. The molecule has 138 valence electrons. The van der Waals surface area contributed by atoms with Crippen molar-refractivity contribution in [1.29, 1.82) is 0 Å². The third-order valence-corrected chi connectivity index (χ3v) is 4.21. The topological polar surface area (TPSA) is 63.2 Å². The fourth-order valence-electron chi connectivity index (χ4n) is 2.70. The number of carbonyl (C=O) groups is 1. The number of benzene rings is 2. The van der Waals surface area contributed by atoms with Gasteiger partial charge in [0.2, 0.25) is 0 Å². The fourth-order valence-corrected chi connectivity index (χ4v) is 2.70. The Morgan fingerprint density at radius 3 is 2.48 bits per heavy atom. The molecule has 0 radical (unpaired) electrons. The predicted octanol–water partition coefficient (Wildman–Crippen LogP) is 4.38. The Kier molecular flexibility index (Phi) is 5.71. The molecule has 0 bridgehead atoms. The van der Waals surface area contributed by atoms with E-state index in [2.05, 4.69) is 15.6 Å². The van der Waals surface area contributed by atoms with Gasteiger partial charge in [-0.2, -0.15) is 0 Å². The van der Waals surface area contributed by atoms with Crippen molar-refractivity contribution in [3.8, 4) is 5.75 Å². The molecule has 0 unspecified atom stereocenters. The molecule has 0 aliphatic carbocycles. The molecule has 0 aliphatic heterocycles. The standard InChI is InChI=1S/C22H23N3O2/c1-15-4-7-17(8-5-15)12-24-22(26)18-11-19(14-23-13-18)25-20-10-16(2)6-9-21(20)27-3/h4-11,13-14,25H,12H2,1-3H3,(H,24,26). The lowest BCUT2D eigenvalue weighted by molar-refractivity contribution is 0.0950. The van der Waals surface area contributed by atoms with Crippen LogP contribution in [0.2, 0.25) is 0 Å². The molecule has 3 rings (SSSR count). The second-order valence-corrected chi connectivity index (χ2v) is 6.46. The Morgan fingerprint density at radius 2 is 1.74 bits per heavy atom. The van der Waals surface area contributed by atoms with Crippen molar-refractivity contribution < 1.29 is 9.53 Å². The molecule has 0 atom stereocenters. The van der Waals surface area contributed by atoms with Crippen molar-refractivity contribution in [3.63, 3.8) is 0 Å². The SMILES string of the molecule is COc1ccc(C)cc1Nc1cncc(C(=O)NCc2ccc(C)cc2)c1. The van der Waals surface area contributed by atoms with Crippen LogP contribution in [0.3, 0.4) is 0 Å². The highest BCUT2D eigenvalue weighted by Gasteiger charge is 2.09. The van der Waals surface area contributed by atoms with Gasteiger partial charge in [0.1, 0.15) is 5.75 Å². The molecule has 0 fully saturated rings. The number of methoxy groups -OCH3 is 1. The van der Waals surface area contributed by atoms with Gasteiger partial charge in [-0.25, -0.2) is 0 Å². The van der Waals surface area contributed by atoms with E-state index in [9.17, 15) is 4.79 Å². The Bertz CT molecular complexity index is 937. The van der Waals surface area contributed by atoms with E-state index in [1.54, 1.807) is 25.6 Å². The Morgan fingerprint density at radius 1 is 1.00 bits per heavy atom. The number of aryl methyl sites for hydroxylation is 2. The van der Waals surface area contributed by atoms with Gasteiger partial charge in [-0.1, -0.05) is 35.9 Å². The predicted molar refractivity (Wildman–Crippen MR) is 108 cm³/mol. The van der Waals surface area contributed by atoms with Crippen LogP contribution in [0.25, 0.3) is 0 Å². The number of amides is 1. The number of hydrogen-bond acceptors (Lipinski definition) is 4. The van der Waals surface area contributed by atoms with E-state index in [0.29, 0.717) is 12.1 Å². The van der Waals surface area contributed by atoms with Gasteiger partial charge in [-0.3, -0.25) is 9.78 Å². The van der Waals surface area contributed by atoms with Crippen molar-refractivity contribution in [1.82, 2.24) is 10.3 Å². The van der Waals surface area contributed by atoms with E-state index in [1.165, 1.54) is 5.56 Å². The summed E-state index contributed by atoms with van der Waals surface area (Å²) in [5.74, 6) is 0.567. The first-order valence-electron chi connectivity index (χ1n) is 8.75. The summed E-state index contributed by atoms with van der Waals surface area (Å²) >= 11 is 0. The maximum atomic E-state index is 12.5. The molecular weight excluding hydrogens is 338 g/mol. The molecule has 2 aromatic carbocycles. The molecule has 1 aromatic heterocycles. The summed E-state index contributed by atoms with van der Waals surface area (Å²) in [5.41, 5.74) is 5.41. The molecule has 1 heterocycles. The van der Waals surface area contributed by atoms with Gasteiger partial charge in [-0.05, 0) is 43.2 Å². The summed E-state index contributed by atoms with van der Waals surface area (Å²) in [6.07, 6.45) is 3.24. The largest absolute Gasteiger partial charge is 0.495 e. The van der Waals surface area contributed by atoms with E-state index in [4.69, 9.17) is 4.74 Å². The van der Waals surface area contributed by atoms with Crippen molar-refractivity contribution >= 4 is 17.3 Å². The first-order chi connectivity index (χ1) is 13.0. The van der Waals surface area contributed by atoms with Gasteiger partial charge in [0, 0.05) is 12.7 Å². The molecule has 0 spiro atoms. The van der Waals surface area contributed by atoms with Crippen LogP contribution in [-0.4, -0.2) is 18.0 Å². The van der Waals surface area contributed by atoms with E-state index in [-0.39, 0.29) is 5.91 Å². The number of carbonyl (C=O) groups excluding carboxylic acids is 1. The lowest BCUT2D eigenvalue weighted by Crippen LogP contribution is -2.23. The van der Waals surface area contributed by atoms with Crippen LogP contribution >= 0.6 is 0 Å². The van der Waals surface area contributed by atoms with Crippen LogP contribution in [0.1, 0.15) is 27.0 Å². The number of pyridine rings is 1. The average Bonchev–Trinajstić information content (AvgIpc) is 2.68. The molecule has 3 aromatic rings. The van der Waals surface area contributed by atoms with E-state index >= 15 is 0 Å². The Hall–Kier alpha value is -3.34. The zero-order valence-corrected chi connectivity index (χ0v) is 15.7. The first-order valence-corrected chi connectivity index (χ1v) is 8.75. The molecule has 0 saturated carbocycles. The smallest absolute Gasteiger partial charge is 0.253 e. The van der Waals surface area contributed by atoms with Crippen LogP contribution in [0.15, 0.2) is 60.9 Å². The van der Waals surface area contributed by atoms with Crippen LogP contribution in [0, 0.1) is 13.8 Å². The highest BCUT2D eigenvalue weighted by Crippen LogP contribution is 2.28. The number of aromatic nitrogens is 1. The maximum absolute atomic E-state index is 12.5. The van der Waals surface area contributed by atoms with E-state index in [0.717, 1.165) is 28.3 Å². The summed E-state index contributed by atoms with van der Waals surface area (Å²) in [4.78, 5) is 16.6. The van der Waals surface area contributed by atoms with Crippen LogP contribution < -0.4 is 15.4 Å². The third kappa shape index (κ3) is 4.85. The van der Waals surface area contributed by atoms with Gasteiger partial charge in [0.25, 0.3) is 5.91 Å². The highest BCUT2D eigenvalue weighted by molar-refractivity contribution is 5.94. The molecule has 0 saturated heterocycles. The fraction of sp³-hybridized carbons (Fsp3) is 0.182. The normalized spacial score (nSPS) is 10.3. The van der Waals surface area contributed by atoms with Crippen LogP contribution in [0.5, 0.6) is 5.75 Å². The van der Waals surface area contributed by atoms with E-state index in [1.807, 2.05) is 56.3 Å². The molecule has 5 nitrogen and oxygen atoms in total. The number of hydrogen-bond donors (Lipinski definition) is 2. The lowest BCUT2D eigenvalue weighted by Gasteiger charge is -2.12. The van der Waals surface area contributed by atoms with Gasteiger partial charge in [-0.15, -0.1) is 0 Å². The number of nitrogens with one attached hydrogen (secondary N) is 2. The minimum Gasteiger partial charge on any atom is -0.495 e. The van der Waals surface area contributed by atoms with Gasteiger partial charge in [0.05, 0.1) is 30.2 Å². The average molecular weight is 361 g/mol. The van der Waals surface area contributed by atoms with Crippen molar-refractivity contribution in [2.75, 3.05) is 12.4 Å². The monoisotopic (exact) mass is 361 g/mol. The second kappa shape index (κ2) is 8.36. The summed E-state index contributed by atoms with van der Waals surface area (Å²) in [5, 5.41) is 6.20. The Balaban J connectivity index is 1.70.